The number of fused-ring (bicyclic) bond motifs is 2. The van der Waals surface area contributed by atoms with E-state index in [4.69, 9.17) is 15.5 Å². The molecule has 164 valence electrons. The number of nitrogen functional groups attached to an aromatic ring is 1. The average molecular weight is 431 g/mol. The van der Waals surface area contributed by atoms with Crippen molar-refractivity contribution in [1.82, 2.24) is 20.0 Å². The number of amides is 1. The van der Waals surface area contributed by atoms with Gasteiger partial charge in [-0.2, -0.15) is 9.78 Å². The Kier molecular flexibility index (Phi) is 6.02. The number of nitrogens with one attached hydrogen (secondary N) is 1. The van der Waals surface area contributed by atoms with Gasteiger partial charge in [0.15, 0.2) is 5.65 Å². The van der Waals surface area contributed by atoms with Crippen LogP contribution in [0.15, 0.2) is 53.6 Å². The highest BCUT2D eigenvalue weighted by Gasteiger charge is 2.24. The number of hydrogen-bond acceptors (Lipinski definition) is 6. The van der Waals surface area contributed by atoms with Crippen LogP contribution in [0.3, 0.4) is 0 Å². The number of para-hydroxylation sites is 2. The van der Waals surface area contributed by atoms with E-state index in [1.807, 2.05) is 69.3 Å². The number of nitrogens with two attached hydrogens (primary N) is 1. The highest BCUT2D eigenvalue weighted by Crippen LogP contribution is 2.28. The highest BCUT2D eigenvalue weighted by atomic mass is 16.5. The van der Waals surface area contributed by atoms with Crippen LogP contribution >= 0.6 is 0 Å². The molecule has 0 radical (unpaired) electrons. The van der Waals surface area contributed by atoms with E-state index in [1.165, 1.54) is 4.68 Å². The summed E-state index contributed by atoms with van der Waals surface area (Å²) >= 11 is 0. The number of carbonyl (C=O) groups is 1. The average Bonchev–Trinajstić information content (AvgIpc) is 3.07. The first kappa shape index (κ1) is 21.3. The standard InChI is InChI=1S/C24H26N6O2/c1-4-15(3)27-24(31)20-21-23(29-19-9-7-6-8-18(19)28-21)30(22(20)25)26-14-16-10-12-17(13-11-16)32-5-2/h6-15H,4-5,25H2,1-3H3,(H,27,31). The van der Waals surface area contributed by atoms with E-state index in [2.05, 4.69) is 15.4 Å². The number of aromatic nitrogens is 3. The minimum atomic E-state index is -0.290. The fraction of sp³-hybridized carbons (Fsp3) is 0.250. The van der Waals surface area contributed by atoms with E-state index in [9.17, 15) is 4.79 Å². The van der Waals surface area contributed by atoms with Gasteiger partial charge >= 0.3 is 0 Å². The van der Waals surface area contributed by atoms with Crippen LogP contribution in [0.5, 0.6) is 5.75 Å². The third-order valence-corrected chi connectivity index (χ3v) is 5.20. The molecule has 0 aliphatic carbocycles. The molecule has 2 heterocycles. The second-order valence-corrected chi connectivity index (χ2v) is 7.49. The molecule has 1 atom stereocenters. The Morgan fingerprint density at radius 3 is 2.50 bits per heavy atom. The van der Waals surface area contributed by atoms with Gasteiger partial charge in [0.2, 0.25) is 0 Å². The second kappa shape index (κ2) is 9.05. The molecule has 1 amide bonds. The van der Waals surface area contributed by atoms with E-state index in [1.54, 1.807) is 6.21 Å². The summed E-state index contributed by atoms with van der Waals surface area (Å²) in [6.07, 6.45) is 2.47. The first-order valence-corrected chi connectivity index (χ1v) is 10.7. The fourth-order valence-electron chi connectivity index (χ4n) is 3.33. The number of hydrogen-bond donors (Lipinski definition) is 2. The summed E-state index contributed by atoms with van der Waals surface area (Å²) in [5, 5.41) is 7.50. The molecule has 4 rings (SSSR count). The summed E-state index contributed by atoms with van der Waals surface area (Å²) in [4.78, 5) is 22.4. The molecule has 0 aliphatic heterocycles. The summed E-state index contributed by atoms with van der Waals surface area (Å²) in [7, 11) is 0. The van der Waals surface area contributed by atoms with Crippen LogP contribution in [0.1, 0.15) is 43.1 Å². The van der Waals surface area contributed by atoms with E-state index in [0.29, 0.717) is 28.8 Å². The maximum absolute atomic E-state index is 13.0. The van der Waals surface area contributed by atoms with Crippen LogP contribution in [0, 0.1) is 0 Å². The van der Waals surface area contributed by atoms with Gasteiger partial charge in [-0.15, -0.1) is 0 Å². The van der Waals surface area contributed by atoms with Crippen molar-refractivity contribution < 1.29 is 9.53 Å². The van der Waals surface area contributed by atoms with Gasteiger partial charge in [-0.25, -0.2) is 9.97 Å². The van der Waals surface area contributed by atoms with Gasteiger partial charge in [0, 0.05) is 6.04 Å². The van der Waals surface area contributed by atoms with Gasteiger partial charge in [-0.3, -0.25) is 4.79 Å². The van der Waals surface area contributed by atoms with Crippen LogP contribution in [0.4, 0.5) is 5.82 Å². The molecule has 3 N–H and O–H groups in total. The normalized spacial score (nSPS) is 12.5. The topological polar surface area (TPSA) is 107 Å². The summed E-state index contributed by atoms with van der Waals surface area (Å²) < 4.78 is 6.95. The molecule has 0 bridgehead atoms. The van der Waals surface area contributed by atoms with Crippen molar-refractivity contribution >= 4 is 40.1 Å². The van der Waals surface area contributed by atoms with Crippen LogP contribution in [-0.4, -0.2) is 39.4 Å². The minimum absolute atomic E-state index is 0.000992. The molecule has 8 heteroatoms. The number of ether oxygens (including phenoxy) is 1. The number of carbonyl (C=O) groups excluding carboxylic acids is 1. The summed E-state index contributed by atoms with van der Waals surface area (Å²) in [5.74, 6) is 0.691. The third kappa shape index (κ3) is 4.12. The number of rotatable bonds is 7. The van der Waals surface area contributed by atoms with Gasteiger partial charge in [0.25, 0.3) is 5.91 Å². The number of anilines is 1. The molecular weight excluding hydrogens is 404 g/mol. The van der Waals surface area contributed by atoms with Gasteiger partial charge in [0.05, 0.1) is 23.9 Å². The second-order valence-electron chi connectivity index (χ2n) is 7.49. The lowest BCUT2D eigenvalue weighted by molar-refractivity contribution is 0.0941. The van der Waals surface area contributed by atoms with Crippen molar-refractivity contribution in [3.05, 3.63) is 59.7 Å². The molecule has 0 saturated carbocycles. The van der Waals surface area contributed by atoms with Gasteiger partial charge in [-0.05, 0) is 62.2 Å². The fourth-order valence-corrected chi connectivity index (χ4v) is 3.33. The van der Waals surface area contributed by atoms with E-state index >= 15 is 0 Å². The van der Waals surface area contributed by atoms with Crippen molar-refractivity contribution in [1.29, 1.82) is 0 Å². The van der Waals surface area contributed by atoms with Gasteiger partial charge in [0.1, 0.15) is 22.6 Å². The quantitative estimate of drug-likeness (QED) is 0.431. The predicted octanol–water partition coefficient (Wildman–Crippen LogP) is 3.98. The van der Waals surface area contributed by atoms with Crippen molar-refractivity contribution in [2.45, 2.75) is 33.2 Å². The Balaban J connectivity index is 1.82. The Morgan fingerprint density at radius 2 is 1.84 bits per heavy atom. The molecule has 0 saturated heterocycles. The smallest absolute Gasteiger partial charge is 0.257 e. The molecule has 1 unspecified atom stereocenters. The zero-order chi connectivity index (χ0) is 22.7. The van der Waals surface area contributed by atoms with Gasteiger partial charge in [-0.1, -0.05) is 19.1 Å². The summed E-state index contributed by atoms with van der Waals surface area (Å²) in [6, 6.07) is 15.0. The number of benzene rings is 2. The Morgan fingerprint density at radius 1 is 1.16 bits per heavy atom. The minimum Gasteiger partial charge on any atom is -0.494 e. The molecule has 0 spiro atoms. The molecule has 4 aromatic rings. The molecular formula is C24H26N6O2. The molecule has 32 heavy (non-hydrogen) atoms. The van der Waals surface area contributed by atoms with Crippen LogP contribution in [0.2, 0.25) is 0 Å². The zero-order valence-corrected chi connectivity index (χ0v) is 18.4. The third-order valence-electron chi connectivity index (χ3n) is 5.20. The van der Waals surface area contributed by atoms with E-state index in [0.717, 1.165) is 17.7 Å². The van der Waals surface area contributed by atoms with Crippen LogP contribution in [0.25, 0.3) is 22.2 Å². The zero-order valence-electron chi connectivity index (χ0n) is 18.4. The Hall–Kier alpha value is -3.94. The van der Waals surface area contributed by atoms with Crippen LogP contribution < -0.4 is 15.8 Å². The lowest BCUT2D eigenvalue weighted by Gasteiger charge is -2.11. The first-order valence-electron chi connectivity index (χ1n) is 10.7. The molecule has 2 aromatic carbocycles. The number of nitrogens with zero attached hydrogens (tertiary/aromatic N) is 4. The Labute approximate surface area is 186 Å². The molecule has 8 nitrogen and oxygen atoms in total. The molecule has 2 aromatic heterocycles. The molecule has 0 fully saturated rings. The first-order chi connectivity index (χ1) is 15.5. The Bertz CT molecular complexity index is 1290. The van der Waals surface area contributed by atoms with E-state index < -0.39 is 0 Å². The van der Waals surface area contributed by atoms with Gasteiger partial charge < -0.3 is 15.8 Å². The highest BCUT2D eigenvalue weighted by molar-refractivity contribution is 6.10. The van der Waals surface area contributed by atoms with Crippen molar-refractivity contribution in [2.24, 2.45) is 5.10 Å². The predicted molar refractivity (Wildman–Crippen MR) is 127 cm³/mol. The lowest BCUT2D eigenvalue weighted by Crippen LogP contribution is -2.32. The summed E-state index contributed by atoms with van der Waals surface area (Å²) in [6.45, 7) is 6.49. The lowest BCUT2D eigenvalue weighted by atomic mass is 10.2. The van der Waals surface area contributed by atoms with Crippen LogP contribution in [-0.2, 0) is 0 Å². The maximum Gasteiger partial charge on any atom is 0.257 e. The molecule has 0 aliphatic rings. The monoisotopic (exact) mass is 430 g/mol. The van der Waals surface area contributed by atoms with Crippen molar-refractivity contribution in [3.63, 3.8) is 0 Å². The maximum atomic E-state index is 13.0. The van der Waals surface area contributed by atoms with Crippen molar-refractivity contribution in [2.75, 3.05) is 12.3 Å². The largest absolute Gasteiger partial charge is 0.494 e. The van der Waals surface area contributed by atoms with E-state index in [-0.39, 0.29) is 23.3 Å². The van der Waals surface area contributed by atoms with Crippen molar-refractivity contribution in [3.8, 4) is 5.75 Å². The summed E-state index contributed by atoms with van der Waals surface area (Å²) in [5.41, 5.74) is 9.78. The SMILES string of the molecule is CCOc1ccc(C=Nn2c(N)c(C(=O)NC(C)CC)c3nc4ccccc4nc32)cc1.